The smallest absolute Gasteiger partial charge is 0.312 e. The molecular formula is C14H17N3O3S. The third kappa shape index (κ3) is 3.13. The molecule has 1 aromatic carbocycles. The number of ether oxygens (including phenoxy) is 1. The van der Waals surface area contributed by atoms with E-state index in [1.165, 1.54) is 16.9 Å². The maximum absolute atomic E-state index is 11.9. The zero-order chi connectivity index (χ0) is 15.6. The topological polar surface area (TPSA) is 75.9 Å². The first-order valence-electron chi connectivity index (χ1n) is 6.45. The molecule has 0 atom stereocenters. The zero-order valence-corrected chi connectivity index (χ0v) is 12.8. The van der Waals surface area contributed by atoms with E-state index in [2.05, 4.69) is 0 Å². The minimum Gasteiger partial charge on any atom is -0.496 e. The normalized spacial score (nSPS) is 15.3. The fourth-order valence-corrected chi connectivity index (χ4v) is 2.35. The minimum atomic E-state index is -0.485. The maximum Gasteiger partial charge on any atom is 0.312 e. The van der Waals surface area contributed by atoms with Gasteiger partial charge in [-0.2, -0.15) is 0 Å². The van der Waals surface area contributed by atoms with Crippen LogP contribution in [0.3, 0.4) is 0 Å². The van der Waals surface area contributed by atoms with E-state index in [4.69, 9.17) is 22.7 Å². The Hall–Kier alpha value is -2.15. The molecule has 0 bridgehead atoms. The Bertz CT molecular complexity index is 603. The van der Waals surface area contributed by atoms with Crippen LogP contribution in [-0.2, 0) is 16.1 Å². The molecule has 2 N–H and O–H groups in total. The van der Waals surface area contributed by atoms with Crippen molar-refractivity contribution in [2.24, 2.45) is 5.73 Å². The molecule has 0 saturated carbocycles. The van der Waals surface area contributed by atoms with Gasteiger partial charge in [-0.05, 0) is 17.7 Å². The summed E-state index contributed by atoms with van der Waals surface area (Å²) in [6, 6.07) is 5.37. The van der Waals surface area contributed by atoms with Crippen molar-refractivity contribution in [3.05, 3.63) is 29.3 Å². The van der Waals surface area contributed by atoms with Crippen molar-refractivity contribution >= 4 is 29.0 Å². The molecule has 0 spiro atoms. The SMILES string of the molecule is COc1cc(CN2CCN(C)C(=O)C2=O)ccc1C(N)=S. The van der Waals surface area contributed by atoms with Gasteiger partial charge in [0.25, 0.3) is 0 Å². The van der Waals surface area contributed by atoms with Crippen molar-refractivity contribution in [2.75, 3.05) is 27.2 Å². The Morgan fingerprint density at radius 1 is 1.33 bits per heavy atom. The molecule has 6 nitrogen and oxygen atoms in total. The Morgan fingerprint density at radius 2 is 2.05 bits per heavy atom. The lowest BCUT2D eigenvalue weighted by atomic mass is 10.1. The molecule has 1 fully saturated rings. The van der Waals surface area contributed by atoms with E-state index < -0.39 is 11.8 Å². The molecule has 1 heterocycles. The number of hydrogen-bond acceptors (Lipinski definition) is 4. The van der Waals surface area contributed by atoms with Gasteiger partial charge in [0.15, 0.2) is 0 Å². The number of rotatable bonds is 4. The summed E-state index contributed by atoms with van der Waals surface area (Å²) >= 11 is 4.95. The fourth-order valence-electron chi connectivity index (χ4n) is 2.18. The van der Waals surface area contributed by atoms with Gasteiger partial charge < -0.3 is 20.3 Å². The molecule has 7 heteroatoms. The second-order valence-electron chi connectivity index (χ2n) is 4.85. The van der Waals surface area contributed by atoms with Gasteiger partial charge in [-0.1, -0.05) is 18.3 Å². The number of amides is 2. The molecule has 1 aliphatic rings. The molecule has 1 saturated heterocycles. The van der Waals surface area contributed by atoms with Crippen LogP contribution in [0.5, 0.6) is 5.75 Å². The molecular weight excluding hydrogens is 290 g/mol. The summed E-state index contributed by atoms with van der Waals surface area (Å²) in [6.45, 7) is 1.40. The van der Waals surface area contributed by atoms with Crippen LogP contribution in [-0.4, -0.2) is 53.8 Å². The van der Waals surface area contributed by atoms with Crippen molar-refractivity contribution in [1.82, 2.24) is 9.80 Å². The third-order valence-electron chi connectivity index (χ3n) is 3.43. The van der Waals surface area contributed by atoms with Gasteiger partial charge in [0.2, 0.25) is 0 Å². The van der Waals surface area contributed by atoms with Gasteiger partial charge in [-0.15, -0.1) is 0 Å². The molecule has 1 aliphatic heterocycles. The van der Waals surface area contributed by atoms with Crippen LogP contribution < -0.4 is 10.5 Å². The average molecular weight is 307 g/mol. The highest BCUT2D eigenvalue weighted by Gasteiger charge is 2.30. The number of hydrogen-bond donors (Lipinski definition) is 1. The first-order valence-corrected chi connectivity index (χ1v) is 6.86. The minimum absolute atomic E-state index is 0.254. The Labute approximate surface area is 128 Å². The van der Waals surface area contributed by atoms with E-state index in [0.29, 0.717) is 30.9 Å². The summed E-state index contributed by atoms with van der Waals surface area (Å²) in [7, 11) is 3.16. The highest BCUT2D eigenvalue weighted by atomic mass is 32.1. The molecule has 0 radical (unpaired) electrons. The number of piperazine rings is 1. The molecule has 1 aromatic rings. The molecule has 0 unspecified atom stereocenters. The van der Waals surface area contributed by atoms with Gasteiger partial charge in [0.05, 0.1) is 12.7 Å². The maximum atomic E-state index is 11.9. The van der Waals surface area contributed by atoms with E-state index in [0.717, 1.165) is 5.56 Å². The van der Waals surface area contributed by atoms with Crippen LogP contribution in [0.4, 0.5) is 0 Å². The summed E-state index contributed by atoms with van der Waals surface area (Å²) in [4.78, 5) is 26.8. The second-order valence-corrected chi connectivity index (χ2v) is 5.29. The highest BCUT2D eigenvalue weighted by Crippen LogP contribution is 2.21. The molecule has 0 aliphatic carbocycles. The Balaban J connectivity index is 2.18. The van der Waals surface area contributed by atoms with E-state index in [-0.39, 0.29) is 4.99 Å². The lowest BCUT2D eigenvalue weighted by Crippen LogP contribution is -2.52. The van der Waals surface area contributed by atoms with Gasteiger partial charge in [0, 0.05) is 26.7 Å². The van der Waals surface area contributed by atoms with Crippen LogP contribution in [0.25, 0.3) is 0 Å². The third-order valence-corrected chi connectivity index (χ3v) is 3.65. The van der Waals surface area contributed by atoms with Crippen molar-refractivity contribution < 1.29 is 14.3 Å². The molecule has 2 rings (SSSR count). The van der Waals surface area contributed by atoms with Gasteiger partial charge in [-0.3, -0.25) is 9.59 Å². The monoisotopic (exact) mass is 307 g/mol. The summed E-state index contributed by atoms with van der Waals surface area (Å²) in [5, 5.41) is 0. The van der Waals surface area contributed by atoms with Crippen LogP contribution in [0.15, 0.2) is 18.2 Å². The van der Waals surface area contributed by atoms with Crippen molar-refractivity contribution in [3.8, 4) is 5.75 Å². The summed E-state index contributed by atoms with van der Waals surface area (Å²) in [5.41, 5.74) is 7.13. The lowest BCUT2D eigenvalue weighted by molar-refractivity contribution is -0.155. The largest absolute Gasteiger partial charge is 0.496 e. The number of benzene rings is 1. The van der Waals surface area contributed by atoms with Crippen molar-refractivity contribution in [1.29, 1.82) is 0 Å². The van der Waals surface area contributed by atoms with Crippen LogP contribution >= 0.6 is 12.2 Å². The van der Waals surface area contributed by atoms with E-state index >= 15 is 0 Å². The molecule has 0 aromatic heterocycles. The highest BCUT2D eigenvalue weighted by molar-refractivity contribution is 7.80. The van der Waals surface area contributed by atoms with Crippen molar-refractivity contribution in [3.63, 3.8) is 0 Å². The van der Waals surface area contributed by atoms with E-state index in [9.17, 15) is 9.59 Å². The first-order chi connectivity index (χ1) is 9.93. The number of carbonyl (C=O) groups is 2. The molecule has 112 valence electrons. The standard InChI is InChI=1S/C14H17N3O3S/c1-16-5-6-17(14(19)13(16)18)8-9-3-4-10(12(15)21)11(7-9)20-2/h3-4,7H,5-6,8H2,1-2H3,(H2,15,21). The first kappa shape index (κ1) is 15.2. The Kier molecular flexibility index (Phi) is 4.42. The van der Waals surface area contributed by atoms with Gasteiger partial charge in [-0.25, -0.2) is 0 Å². The lowest BCUT2D eigenvalue weighted by Gasteiger charge is -2.31. The van der Waals surface area contributed by atoms with E-state index in [1.54, 1.807) is 19.2 Å². The number of likely N-dealkylation sites (N-methyl/N-ethyl adjacent to an activating group) is 1. The van der Waals surface area contributed by atoms with Crippen molar-refractivity contribution in [2.45, 2.75) is 6.54 Å². The van der Waals surface area contributed by atoms with Gasteiger partial charge >= 0.3 is 11.8 Å². The summed E-state index contributed by atoms with van der Waals surface area (Å²) in [6.07, 6.45) is 0. The van der Waals surface area contributed by atoms with Crippen LogP contribution in [0, 0.1) is 0 Å². The number of carbonyl (C=O) groups excluding carboxylic acids is 2. The van der Waals surface area contributed by atoms with E-state index in [1.807, 2.05) is 6.07 Å². The summed E-state index contributed by atoms with van der Waals surface area (Å²) < 4.78 is 5.26. The number of thiocarbonyl (C=S) groups is 1. The zero-order valence-electron chi connectivity index (χ0n) is 12.0. The predicted octanol–water partition coefficient (Wildman–Crippen LogP) is 0.130. The van der Waals surface area contributed by atoms with Crippen LogP contribution in [0.2, 0.25) is 0 Å². The Morgan fingerprint density at radius 3 is 2.67 bits per heavy atom. The number of nitrogens with zero attached hydrogens (tertiary/aromatic N) is 2. The van der Waals surface area contributed by atoms with Crippen LogP contribution in [0.1, 0.15) is 11.1 Å². The van der Waals surface area contributed by atoms with Gasteiger partial charge in [0.1, 0.15) is 10.7 Å². The molecule has 21 heavy (non-hydrogen) atoms. The second kappa shape index (κ2) is 6.09. The number of methoxy groups -OCH3 is 1. The summed E-state index contributed by atoms with van der Waals surface area (Å²) in [5.74, 6) is -0.401. The predicted molar refractivity (Wildman–Crippen MR) is 81.9 cm³/mol. The quantitative estimate of drug-likeness (QED) is 0.632. The average Bonchev–Trinajstić information content (AvgIpc) is 2.47. The fraction of sp³-hybridized carbons (Fsp3) is 0.357. The number of nitrogens with two attached hydrogens (primary N) is 1. The molecule has 2 amide bonds.